The summed E-state index contributed by atoms with van der Waals surface area (Å²) >= 11 is 0. The van der Waals surface area contributed by atoms with Gasteiger partial charge in [0.25, 0.3) is 5.91 Å². The number of hydrogen-bond acceptors (Lipinski definition) is 5. The van der Waals surface area contributed by atoms with Crippen molar-refractivity contribution in [3.63, 3.8) is 0 Å². The lowest BCUT2D eigenvalue weighted by atomic mass is 9.91. The molecule has 8 nitrogen and oxygen atoms in total. The number of halogens is 1. The number of aromatic nitrogens is 4. The summed E-state index contributed by atoms with van der Waals surface area (Å²) in [7, 11) is 0. The van der Waals surface area contributed by atoms with Gasteiger partial charge in [-0.15, -0.1) is 5.10 Å². The molecule has 1 aromatic heterocycles. The van der Waals surface area contributed by atoms with Crippen LogP contribution in [0.2, 0.25) is 0 Å². The maximum Gasteiger partial charge on any atom is 0.325 e. The van der Waals surface area contributed by atoms with Gasteiger partial charge < -0.3 is 5.32 Å². The van der Waals surface area contributed by atoms with Gasteiger partial charge in [0.2, 0.25) is 0 Å². The van der Waals surface area contributed by atoms with E-state index in [0.29, 0.717) is 11.5 Å². The van der Waals surface area contributed by atoms with E-state index in [1.54, 1.807) is 18.2 Å². The SMILES string of the molecule is C[C@]1(c2ccccc2F)NC(=O)N(Cc2nnnn2-c2ccccc2)C1=O. The van der Waals surface area contributed by atoms with Crippen LogP contribution in [-0.4, -0.2) is 37.0 Å². The predicted octanol–water partition coefficient (Wildman–Crippen LogP) is 1.77. The largest absolute Gasteiger partial charge is 0.325 e. The van der Waals surface area contributed by atoms with Crippen molar-refractivity contribution in [2.75, 3.05) is 0 Å². The molecule has 0 aliphatic carbocycles. The van der Waals surface area contributed by atoms with Crippen LogP contribution in [0.25, 0.3) is 5.69 Å². The van der Waals surface area contributed by atoms with Gasteiger partial charge in [-0.05, 0) is 35.5 Å². The second-order valence-electron chi connectivity index (χ2n) is 6.27. The van der Waals surface area contributed by atoms with E-state index in [1.807, 2.05) is 18.2 Å². The summed E-state index contributed by atoms with van der Waals surface area (Å²) in [6, 6.07) is 14.3. The molecule has 0 unspecified atom stereocenters. The molecule has 2 aromatic carbocycles. The Balaban J connectivity index is 1.65. The average molecular weight is 366 g/mol. The third-order valence-corrected chi connectivity index (χ3v) is 4.52. The fourth-order valence-corrected chi connectivity index (χ4v) is 3.11. The van der Waals surface area contributed by atoms with E-state index in [-0.39, 0.29) is 12.1 Å². The van der Waals surface area contributed by atoms with Crippen molar-refractivity contribution in [1.29, 1.82) is 0 Å². The number of nitrogens with one attached hydrogen (secondary N) is 1. The summed E-state index contributed by atoms with van der Waals surface area (Å²) < 4.78 is 15.7. The van der Waals surface area contributed by atoms with Crippen LogP contribution in [0.1, 0.15) is 18.3 Å². The quantitative estimate of drug-likeness (QED) is 0.711. The van der Waals surface area contributed by atoms with Gasteiger partial charge in [0, 0.05) is 5.56 Å². The topological polar surface area (TPSA) is 93.0 Å². The molecule has 1 fully saturated rings. The van der Waals surface area contributed by atoms with Gasteiger partial charge in [-0.2, -0.15) is 4.68 Å². The zero-order valence-electron chi connectivity index (χ0n) is 14.3. The van der Waals surface area contributed by atoms with Gasteiger partial charge in [0.15, 0.2) is 5.82 Å². The number of rotatable bonds is 4. The molecule has 1 saturated heterocycles. The Bertz CT molecular complexity index is 1020. The Labute approximate surface area is 153 Å². The van der Waals surface area contributed by atoms with Crippen molar-refractivity contribution in [1.82, 2.24) is 30.4 Å². The smallest absolute Gasteiger partial charge is 0.319 e. The third kappa shape index (κ3) is 2.73. The number of benzene rings is 2. The average Bonchev–Trinajstić information content (AvgIpc) is 3.22. The molecule has 0 bridgehead atoms. The molecule has 0 radical (unpaired) electrons. The molecular weight excluding hydrogens is 351 g/mol. The first kappa shape index (κ1) is 16.8. The second-order valence-corrected chi connectivity index (χ2v) is 6.27. The molecule has 1 N–H and O–H groups in total. The van der Waals surface area contributed by atoms with Crippen LogP contribution in [0.3, 0.4) is 0 Å². The number of carbonyl (C=O) groups is 2. The summed E-state index contributed by atoms with van der Waals surface area (Å²) in [4.78, 5) is 26.4. The van der Waals surface area contributed by atoms with Crippen LogP contribution in [0.4, 0.5) is 9.18 Å². The number of imide groups is 1. The fourth-order valence-electron chi connectivity index (χ4n) is 3.11. The van der Waals surface area contributed by atoms with Crippen molar-refractivity contribution in [2.24, 2.45) is 0 Å². The summed E-state index contributed by atoms with van der Waals surface area (Å²) in [5, 5.41) is 14.0. The summed E-state index contributed by atoms with van der Waals surface area (Å²) in [5.41, 5.74) is -0.692. The molecular formula is C18H15FN6O2. The monoisotopic (exact) mass is 366 g/mol. The van der Waals surface area contributed by atoms with Gasteiger partial charge in [-0.3, -0.25) is 9.69 Å². The minimum Gasteiger partial charge on any atom is -0.319 e. The molecule has 1 aliphatic rings. The lowest BCUT2D eigenvalue weighted by Crippen LogP contribution is -2.41. The molecule has 27 heavy (non-hydrogen) atoms. The van der Waals surface area contributed by atoms with Crippen LogP contribution >= 0.6 is 0 Å². The number of hydrogen-bond donors (Lipinski definition) is 1. The summed E-state index contributed by atoms with van der Waals surface area (Å²) in [6.45, 7) is 1.34. The first-order valence-corrected chi connectivity index (χ1v) is 8.22. The Morgan fingerprint density at radius 1 is 1.07 bits per heavy atom. The molecule has 4 rings (SSSR count). The van der Waals surface area contributed by atoms with E-state index < -0.39 is 23.3 Å². The van der Waals surface area contributed by atoms with Crippen LogP contribution in [0, 0.1) is 5.82 Å². The Morgan fingerprint density at radius 2 is 1.78 bits per heavy atom. The molecule has 1 aliphatic heterocycles. The van der Waals surface area contributed by atoms with Crippen molar-refractivity contribution < 1.29 is 14.0 Å². The zero-order chi connectivity index (χ0) is 19.0. The highest BCUT2D eigenvalue weighted by molar-refractivity contribution is 6.07. The highest BCUT2D eigenvalue weighted by atomic mass is 19.1. The number of tetrazole rings is 1. The standard InChI is InChI=1S/C18H15FN6O2/c1-18(13-9-5-6-10-14(13)19)16(26)24(17(27)20-18)11-15-21-22-23-25(15)12-7-3-2-4-8-12/h2-10H,11H2,1H3,(H,20,27)/t18-/m1/s1. The summed E-state index contributed by atoms with van der Waals surface area (Å²) in [5.74, 6) is -0.827. The minimum atomic E-state index is -1.49. The number of para-hydroxylation sites is 1. The van der Waals surface area contributed by atoms with E-state index >= 15 is 0 Å². The Kier molecular flexibility index (Phi) is 3.91. The number of urea groups is 1. The van der Waals surface area contributed by atoms with Gasteiger partial charge in [-0.25, -0.2) is 9.18 Å². The summed E-state index contributed by atoms with van der Waals surface area (Å²) in [6.07, 6.45) is 0. The van der Waals surface area contributed by atoms with E-state index in [0.717, 1.165) is 4.90 Å². The predicted molar refractivity (Wildman–Crippen MR) is 92.0 cm³/mol. The molecule has 3 aromatic rings. The first-order valence-electron chi connectivity index (χ1n) is 8.22. The molecule has 1 atom stereocenters. The maximum atomic E-state index is 14.2. The van der Waals surface area contributed by atoms with Crippen LogP contribution in [0.5, 0.6) is 0 Å². The van der Waals surface area contributed by atoms with Crippen LogP contribution in [-0.2, 0) is 16.9 Å². The lowest BCUT2D eigenvalue weighted by molar-refractivity contribution is -0.131. The molecule has 136 valence electrons. The highest BCUT2D eigenvalue weighted by Gasteiger charge is 2.50. The minimum absolute atomic E-state index is 0.105. The van der Waals surface area contributed by atoms with E-state index in [9.17, 15) is 14.0 Å². The van der Waals surface area contributed by atoms with E-state index in [4.69, 9.17) is 0 Å². The van der Waals surface area contributed by atoms with Gasteiger partial charge in [-0.1, -0.05) is 36.4 Å². The fraction of sp³-hybridized carbons (Fsp3) is 0.167. The molecule has 0 saturated carbocycles. The molecule has 3 amide bonds. The third-order valence-electron chi connectivity index (χ3n) is 4.52. The van der Waals surface area contributed by atoms with Crippen LogP contribution in [0.15, 0.2) is 54.6 Å². The van der Waals surface area contributed by atoms with Crippen LogP contribution < -0.4 is 5.32 Å². The Hall–Kier alpha value is -3.62. The highest BCUT2D eigenvalue weighted by Crippen LogP contribution is 2.31. The first-order chi connectivity index (χ1) is 13.0. The number of amides is 3. The van der Waals surface area contributed by atoms with Gasteiger partial charge >= 0.3 is 6.03 Å². The van der Waals surface area contributed by atoms with Crippen molar-refractivity contribution in [3.8, 4) is 5.69 Å². The number of nitrogens with zero attached hydrogens (tertiary/aromatic N) is 5. The molecule has 2 heterocycles. The molecule has 0 spiro atoms. The van der Waals surface area contributed by atoms with Gasteiger partial charge in [0.1, 0.15) is 11.4 Å². The maximum absolute atomic E-state index is 14.2. The second kappa shape index (κ2) is 6.27. The Morgan fingerprint density at radius 3 is 2.52 bits per heavy atom. The van der Waals surface area contributed by atoms with Crippen molar-refractivity contribution in [3.05, 3.63) is 71.8 Å². The van der Waals surface area contributed by atoms with Crippen molar-refractivity contribution >= 4 is 11.9 Å². The molecule has 9 heteroatoms. The zero-order valence-corrected chi connectivity index (χ0v) is 14.3. The van der Waals surface area contributed by atoms with E-state index in [2.05, 4.69) is 20.8 Å². The lowest BCUT2D eigenvalue weighted by Gasteiger charge is -2.22. The normalized spacial score (nSPS) is 19.4. The number of carbonyl (C=O) groups excluding carboxylic acids is 2. The van der Waals surface area contributed by atoms with E-state index in [1.165, 1.54) is 29.8 Å². The van der Waals surface area contributed by atoms with Gasteiger partial charge in [0.05, 0.1) is 12.2 Å². The van der Waals surface area contributed by atoms with Crippen molar-refractivity contribution in [2.45, 2.75) is 19.0 Å².